The molecule has 0 aliphatic carbocycles. The minimum atomic E-state index is 0.515. The molecule has 0 amide bonds. The number of rotatable bonds is 9. The highest BCUT2D eigenvalue weighted by Crippen LogP contribution is 2.33. The molecule has 166 valence electrons. The molecule has 2 aromatic carbocycles. The number of anilines is 3. The van der Waals surface area contributed by atoms with Gasteiger partial charge in [-0.05, 0) is 38.4 Å². The van der Waals surface area contributed by atoms with Crippen LogP contribution in [0, 0.1) is 0 Å². The molecule has 9 heteroatoms. The summed E-state index contributed by atoms with van der Waals surface area (Å²) in [6.45, 7) is 1.56. The Labute approximate surface area is 187 Å². The van der Waals surface area contributed by atoms with E-state index in [4.69, 9.17) is 19.4 Å². The van der Waals surface area contributed by atoms with Crippen molar-refractivity contribution in [1.29, 1.82) is 0 Å². The molecule has 2 heterocycles. The quantitative estimate of drug-likeness (QED) is 0.414. The first-order valence-electron chi connectivity index (χ1n) is 10.3. The first-order chi connectivity index (χ1) is 15.6. The summed E-state index contributed by atoms with van der Waals surface area (Å²) in [6, 6.07) is 15.5. The smallest absolute Gasteiger partial charge is 0.226 e. The topological polar surface area (TPSA) is 89.4 Å². The van der Waals surface area contributed by atoms with Crippen molar-refractivity contribution in [3.8, 4) is 17.2 Å². The number of ether oxygens (including phenoxy) is 2. The number of fused-ring (bicyclic) bond motifs is 1. The van der Waals surface area contributed by atoms with Crippen molar-refractivity contribution in [2.45, 2.75) is 0 Å². The summed E-state index contributed by atoms with van der Waals surface area (Å²) >= 11 is 0. The van der Waals surface area contributed by atoms with Crippen LogP contribution >= 0.6 is 0 Å². The molecular formula is C23H27N7O2. The van der Waals surface area contributed by atoms with E-state index in [0.29, 0.717) is 35.5 Å². The summed E-state index contributed by atoms with van der Waals surface area (Å²) in [5.74, 6) is 2.52. The Bertz CT molecular complexity index is 1190. The van der Waals surface area contributed by atoms with E-state index in [0.717, 1.165) is 23.3 Å². The van der Waals surface area contributed by atoms with Crippen LogP contribution in [0.5, 0.6) is 11.5 Å². The van der Waals surface area contributed by atoms with Crippen LogP contribution in [0.1, 0.15) is 0 Å². The molecule has 0 radical (unpaired) electrons. The Balaban J connectivity index is 1.79. The predicted octanol–water partition coefficient (Wildman–Crippen LogP) is 3.55. The third-order valence-electron chi connectivity index (χ3n) is 4.93. The first-order valence-corrected chi connectivity index (χ1v) is 10.3. The zero-order chi connectivity index (χ0) is 22.5. The molecule has 4 rings (SSSR count). The van der Waals surface area contributed by atoms with Crippen molar-refractivity contribution in [3.05, 3.63) is 54.7 Å². The zero-order valence-electron chi connectivity index (χ0n) is 18.7. The van der Waals surface area contributed by atoms with Crippen LogP contribution < -0.4 is 20.1 Å². The second-order valence-electron chi connectivity index (χ2n) is 7.45. The highest BCUT2D eigenvalue weighted by Gasteiger charge is 2.16. The number of likely N-dealkylation sites (N-methyl/N-ethyl adjacent to an activating group) is 1. The molecule has 0 unspecified atom stereocenters. The van der Waals surface area contributed by atoms with E-state index >= 15 is 0 Å². The molecule has 2 N–H and O–H groups in total. The van der Waals surface area contributed by atoms with E-state index in [1.54, 1.807) is 20.4 Å². The summed E-state index contributed by atoms with van der Waals surface area (Å²) in [7, 11) is 7.31. The lowest BCUT2D eigenvalue weighted by Gasteiger charge is -2.15. The fourth-order valence-corrected chi connectivity index (χ4v) is 3.27. The van der Waals surface area contributed by atoms with Gasteiger partial charge in [0, 0.05) is 19.2 Å². The van der Waals surface area contributed by atoms with Crippen LogP contribution in [0.25, 0.3) is 16.7 Å². The van der Waals surface area contributed by atoms with Gasteiger partial charge in [0.15, 0.2) is 5.65 Å². The third kappa shape index (κ3) is 4.57. The lowest BCUT2D eigenvalue weighted by molar-refractivity contribution is 0.405. The predicted molar refractivity (Wildman–Crippen MR) is 127 cm³/mol. The van der Waals surface area contributed by atoms with Gasteiger partial charge in [-0.1, -0.05) is 18.2 Å². The van der Waals surface area contributed by atoms with Crippen LogP contribution in [0.2, 0.25) is 0 Å². The van der Waals surface area contributed by atoms with Gasteiger partial charge in [-0.25, -0.2) is 4.68 Å². The molecule has 0 saturated carbocycles. The molecule has 0 aliphatic heterocycles. The van der Waals surface area contributed by atoms with Gasteiger partial charge in [0.2, 0.25) is 5.95 Å². The monoisotopic (exact) mass is 433 g/mol. The van der Waals surface area contributed by atoms with E-state index in [9.17, 15) is 0 Å². The normalized spacial score (nSPS) is 11.0. The molecule has 32 heavy (non-hydrogen) atoms. The minimum absolute atomic E-state index is 0.515. The summed E-state index contributed by atoms with van der Waals surface area (Å²) in [6.07, 6.45) is 1.76. The molecule has 0 fully saturated rings. The van der Waals surface area contributed by atoms with Crippen LogP contribution in [-0.2, 0) is 0 Å². The largest absolute Gasteiger partial charge is 0.497 e. The van der Waals surface area contributed by atoms with Crippen molar-refractivity contribution < 1.29 is 9.47 Å². The molecule has 0 saturated heterocycles. The molecule has 4 aromatic rings. The fourth-order valence-electron chi connectivity index (χ4n) is 3.27. The highest BCUT2D eigenvalue weighted by molar-refractivity contribution is 5.91. The van der Waals surface area contributed by atoms with E-state index in [1.165, 1.54) is 0 Å². The van der Waals surface area contributed by atoms with Crippen molar-refractivity contribution in [2.24, 2.45) is 0 Å². The number of aromatic nitrogens is 4. The third-order valence-corrected chi connectivity index (χ3v) is 4.93. The van der Waals surface area contributed by atoms with Gasteiger partial charge < -0.3 is 25.0 Å². The van der Waals surface area contributed by atoms with Crippen LogP contribution in [-0.4, -0.2) is 66.1 Å². The Morgan fingerprint density at radius 3 is 2.53 bits per heavy atom. The molecule has 9 nitrogen and oxygen atoms in total. The molecule has 0 spiro atoms. The van der Waals surface area contributed by atoms with Crippen molar-refractivity contribution >= 4 is 28.5 Å². The maximum Gasteiger partial charge on any atom is 0.226 e. The second kappa shape index (κ2) is 9.52. The Hall–Kier alpha value is -3.85. The highest BCUT2D eigenvalue weighted by atomic mass is 16.5. The summed E-state index contributed by atoms with van der Waals surface area (Å²) in [5.41, 5.74) is 2.35. The van der Waals surface area contributed by atoms with Gasteiger partial charge in [-0.2, -0.15) is 15.1 Å². The minimum Gasteiger partial charge on any atom is -0.497 e. The number of para-hydroxylation sites is 1. The molecule has 0 bridgehead atoms. The standard InChI is InChI=1S/C23H27N7O2/c1-29(2)13-12-24-23-27-21(26-19-14-17(31-3)10-11-20(19)32-4)18-15-25-30(22(18)28-23)16-8-6-5-7-9-16/h5-11,14-15H,12-13H2,1-4H3,(H2,24,26,27,28). The van der Waals surface area contributed by atoms with E-state index < -0.39 is 0 Å². The first kappa shape index (κ1) is 21.4. The lowest BCUT2D eigenvalue weighted by atomic mass is 10.2. The van der Waals surface area contributed by atoms with Crippen LogP contribution in [0.15, 0.2) is 54.7 Å². The summed E-state index contributed by atoms with van der Waals surface area (Å²) in [5, 5.41) is 12.1. The van der Waals surface area contributed by atoms with Crippen molar-refractivity contribution in [2.75, 3.05) is 52.0 Å². The van der Waals surface area contributed by atoms with Crippen LogP contribution in [0.4, 0.5) is 17.5 Å². The molecule has 2 aromatic heterocycles. The summed E-state index contributed by atoms with van der Waals surface area (Å²) in [4.78, 5) is 11.6. The Kier molecular flexibility index (Phi) is 6.37. The van der Waals surface area contributed by atoms with Gasteiger partial charge in [-0.15, -0.1) is 0 Å². The van der Waals surface area contributed by atoms with Gasteiger partial charge >= 0.3 is 0 Å². The van der Waals surface area contributed by atoms with Crippen molar-refractivity contribution in [1.82, 2.24) is 24.6 Å². The van der Waals surface area contributed by atoms with E-state index in [1.807, 2.05) is 67.3 Å². The average molecular weight is 434 g/mol. The van der Waals surface area contributed by atoms with Gasteiger partial charge in [0.25, 0.3) is 0 Å². The fraction of sp³-hybridized carbons (Fsp3) is 0.261. The molecular weight excluding hydrogens is 406 g/mol. The zero-order valence-corrected chi connectivity index (χ0v) is 18.7. The van der Waals surface area contributed by atoms with E-state index in [2.05, 4.69) is 20.6 Å². The molecule has 0 atom stereocenters. The number of hydrogen-bond acceptors (Lipinski definition) is 8. The lowest BCUT2D eigenvalue weighted by Crippen LogP contribution is -2.21. The van der Waals surface area contributed by atoms with Gasteiger partial charge in [0.1, 0.15) is 17.3 Å². The maximum absolute atomic E-state index is 5.52. The number of nitrogens with one attached hydrogen (secondary N) is 2. The van der Waals surface area contributed by atoms with Crippen LogP contribution in [0.3, 0.4) is 0 Å². The Morgan fingerprint density at radius 1 is 1.00 bits per heavy atom. The second-order valence-corrected chi connectivity index (χ2v) is 7.45. The Morgan fingerprint density at radius 2 is 1.81 bits per heavy atom. The number of methoxy groups -OCH3 is 2. The average Bonchev–Trinajstić information content (AvgIpc) is 3.23. The van der Waals surface area contributed by atoms with Gasteiger partial charge in [0.05, 0.1) is 37.2 Å². The number of benzene rings is 2. The summed E-state index contributed by atoms with van der Waals surface area (Å²) < 4.78 is 12.7. The SMILES string of the molecule is COc1ccc(OC)c(Nc2nc(NCCN(C)C)nc3c2cnn3-c2ccccc2)c1. The van der Waals surface area contributed by atoms with Gasteiger partial charge in [-0.3, -0.25) is 0 Å². The van der Waals surface area contributed by atoms with Crippen molar-refractivity contribution in [3.63, 3.8) is 0 Å². The van der Waals surface area contributed by atoms with E-state index in [-0.39, 0.29) is 0 Å². The number of hydrogen-bond donors (Lipinski definition) is 2. The molecule has 0 aliphatic rings. The maximum atomic E-state index is 5.52. The number of nitrogens with zero attached hydrogens (tertiary/aromatic N) is 5.